The minimum atomic E-state index is 0.318. The molecular formula is C14H27N3O2. The molecule has 1 aromatic rings. The summed E-state index contributed by atoms with van der Waals surface area (Å²) in [6.45, 7) is 8.25. The van der Waals surface area contributed by atoms with E-state index in [1.54, 1.807) is 7.11 Å². The third-order valence-electron chi connectivity index (χ3n) is 2.94. The number of ether oxygens (including phenoxy) is 2. The topological polar surface area (TPSA) is 48.3 Å². The monoisotopic (exact) mass is 269 g/mol. The number of hydrogen-bond acceptors (Lipinski definition) is 4. The number of hydrogen-bond donors (Lipinski definition) is 1. The minimum absolute atomic E-state index is 0.318. The maximum Gasteiger partial charge on any atom is 0.0700 e. The molecule has 19 heavy (non-hydrogen) atoms. The first-order chi connectivity index (χ1) is 9.31. The van der Waals surface area contributed by atoms with Gasteiger partial charge in [0.15, 0.2) is 0 Å². The molecule has 0 aliphatic heterocycles. The highest BCUT2D eigenvalue weighted by Gasteiger charge is 2.12. The lowest BCUT2D eigenvalue weighted by atomic mass is 10.1. The second-order valence-electron chi connectivity index (χ2n) is 4.54. The van der Waals surface area contributed by atoms with E-state index in [2.05, 4.69) is 30.5 Å². The van der Waals surface area contributed by atoms with Crippen molar-refractivity contribution >= 4 is 0 Å². The van der Waals surface area contributed by atoms with E-state index in [9.17, 15) is 0 Å². The number of nitrogens with one attached hydrogen (secondary N) is 1. The third-order valence-corrected chi connectivity index (χ3v) is 2.94. The lowest BCUT2D eigenvalue weighted by Crippen LogP contribution is -2.22. The van der Waals surface area contributed by atoms with E-state index in [-0.39, 0.29) is 0 Å². The normalized spacial score (nSPS) is 12.8. The molecule has 5 nitrogen and oxygen atoms in total. The summed E-state index contributed by atoms with van der Waals surface area (Å²) in [7, 11) is 1.69. The van der Waals surface area contributed by atoms with Crippen LogP contribution in [-0.2, 0) is 16.0 Å². The standard InChI is InChI=1S/C14H27N3O2/c1-4-7-17-12-13(11-16-17)14(15-5-2)6-8-19-10-9-18-3/h11-12,14-15H,4-10H2,1-3H3. The summed E-state index contributed by atoms with van der Waals surface area (Å²) >= 11 is 0. The van der Waals surface area contributed by atoms with Gasteiger partial charge in [-0.1, -0.05) is 13.8 Å². The van der Waals surface area contributed by atoms with Crippen LogP contribution in [0.2, 0.25) is 0 Å². The maximum atomic E-state index is 5.53. The van der Waals surface area contributed by atoms with E-state index in [4.69, 9.17) is 9.47 Å². The van der Waals surface area contributed by atoms with Crippen LogP contribution in [0.5, 0.6) is 0 Å². The molecule has 0 fully saturated rings. The van der Waals surface area contributed by atoms with Crippen molar-refractivity contribution in [2.24, 2.45) is 0 Å². The molecule has 0 bridgehead atoms. The maximum absolute atomic E-state index is 5.53. The van der Waals surface area contributed by atoms with Crippen LogP contribution in [0.3, 0.4) is 0 Å². The van der Waals surface area contributed by atoms with E-state index in [0.717, 1.165) is 32.5 Å². The molecule has 1 rings (SSSR count). The van der Waals surface area contributed by atoms with Gasteiger partial charge in [-0.15, -0.1) is 0 Å². The van der Waals surface area contributed by atoms with Gasteiger partial charge in [-0.2, -0.15) is 5.10 Å². The van der Waals surface area contributed by atoms with Crippen molar-refractivity contribution in [1.29, 1.82) is 0 Å². The summed E-state index contributed by atoms with van der Waals surface area (Å²) in [4.78, 5) is 0. The van der Waals surface area contributed by atoms with Gasteiger partial charge in [-0.3, -0.25) is 4.68 Å². The molecule has 0 aliphatic rings. The van der Waals surface area contributed by atoms with E-state index in [0.29, 0.717) is 19.3 Å². The molecule has 110 valence electrons. The van der Waals surface area contributed by atoms with Crippen molar-refractivity contribution in [3.05, 3.63) is 18.0 Å². The smallest absolute Gasteiger partial charge is 0.0700 e. The van der Waals surface area contributed by atoms with Crippen LogP contribution in [-0.4, -0.2) is 43.3 Å². The number of aryl methyl sites for hydroxylation is 1. The van der Waals surface area contributed by atoms with Gasteiger partial charge in [-0.05, 0) is 19.4 Å². The second-order valence-corrected chi connectivity index (χ2v) is 4.54. The van der Waals surface area contributed by atoms with Crippen LogP contribution in [0.25, 0.3) is 0 Å². The summed E-state index contributed by atoms with van der Waals surface area (Å²) < 4.78 is 12.5. The van der Waals surface area contributed by atoms with Crippen LogP contribution in [0.1, 0.15) is 38.3 Å². The molecule has 1 unspecified atom stereocenters. The van der Waals surface area contributed by atoms with Gasteiger partial charge < -0.3 is 14.8 Å². The summed E-state index contributed by atoms with van der Waals surface area (Å²) in [5, 5.41) is 7.86. The zero-order valence-corrected chi connectivity index (χ0v) is 12.4. The zero-order valence-electron chi connectivity index (χ0n) is 12.4. The molecule has 0 aromatic carbocycles. The Balaban J connectivity index is 2.41. The quantitative estimate of drug-likeness (QED) is 0.624. The Kier molecular flexibility index (Phi) is 8.45. The molecule has 0 saturated heterocycles. The van der Waals surface area contributed by atoms with Crippen molar-refractivity contribution in [2.75, 3.05) is 33.5 Å². The van der Waals surface area contributed by atoms with E-state index in [1.807, 2.05) is 10.9 Å². The lowest BCUT2D eigenvalue weighted by Gasteiger charge is -2.16. The number of aromatic nitrogens is 2. The summed E-state index contributed by atoms with van der Waals surface area (Å²) in [5.41, 5.74) is 1.24. The van der Waals surface area contributed by atoms with Gasteiger partial charge in [0, 0.05) is 38.1 Å². The highest BCUT2D eigenvalue weighted by molar-refractivity contribution is 5.10. The molecule has 5 heteroatoms. The van der Waals surface area contributed by atoms with Crippen LogP contribution >= 0.6 is 0 Å². The number of methoxy groups -OCH3 is 1. The average Bonchev–Trinajstić information content (AvgIpc) is 2.86. The van der Waals surface area contributed by atoms with Crippen LogP contribution in [0.15, 0.2) is 12.4 Å². The Bertz CT molecular complexity index is 328. The zero-order chi connectivity index (χ0) is 13.9. The van der Waals surface area contributed by atoms with Gasteiger partial charge in [0.2, 0.25) is 0 Å². The Hall–Kier alpha value is -0.910. The molecule has 0 saturated carbocycles. The Morgan fingerprint density at radius 2 is 2.16 bits per heavy atom. The molecule has 0 aliphatic carbocycles. The fraction of sp³-hybridized carbons (Fsp3) is 0.786. The molecule has 0 amide bonds. The first kappa shape index (κ1) is 16.1. The van der Waals surface area contributed by atoms with Crippen LogP contribution < -0.4 is 5.32 Å². The van der Waals surface area contributed by atoms with E-state index in [1.165, 1.54) is 5.56 Å². The molecule has 1 atom stereocenters. The predicted octanol–water partition coefficient (Wildman–Crippen LogP) is 2.00. The third kappa shape index (κ3) is 6.18. The SMILES string of the molecule is CCCn1cc(C(CCOCCOC)NCC)cn1. The number of rotatable bonds is 11. The molecule has 0 radical (unpaired) electrons. The van der Waals surface area contributed by atoms with Crippen molar-refractivity contribution in [3.63, 3.8) is 0 Å². The van der Waals surface area contributed by atoms with E-state index >= 15 is 0 Å². The van der Waals surface area contributed by atoms with Crippen LogP contribution in [0.4, 0.5) is 0 Å². The van der Waals surface area contributed by atoms with Gasteiger partial charge in [0.25, 0.3) is 0 Å². The van der Waals surface area contributed by atoms with Crippen molar-refractivity contribution in [1.82, 2.24) is 15.1 Å². The first-order valence-electron chi connectivity index (χ1n) is 7.14. The van der Waals surface area contributed by atoms with Crippen molar-refractivity contribution in [2.45, 2.75) is 39.3 Å². The fourth-order valence-corrected chi connectivity index (χ4v) is 1.99. The van der Waals surface area contributed by atoms with Gasteiger partial charge >= 0.3 is 0 Å². The Morgan fingerprint density at radius 1 is 1.32 bits per heavy atom. The Labute approximate surface area is 116 Å². The van der Waals surface area contributed by atoms with Gasteiger partial charge in [0.05, 0.1) is 19.4 Å². The molecule has 1 heterocycles. The van der Waals surface area contributed by atoms with E-state index < -0.39 is 0 Å². The van der Waals surface area contributed by atoms with Crippen molar-refractivity contribution < 1.29 is 9.47 Å². The minimum Gasteiger partial charge on any atom is -0.382 e. The lowest BCUT2D eigenvalue weighted by molar-refractivity contribution is 0.0658. The summed E-state index contributed by atoms with van der Waals surface area (Å²) in [6.07, 6.45) is 6.15. The molecule has 0 spiro atoms. The summed E-state index contributed by atoms with van der Waals surface area (Å²) in [5.74, 6) is 0. The van der Waals surface area contributed by atoms with Gasteiger partial charge in [0.1, 0.15) is 0 Å². The summed E-state index contributed by atoms with van der Waals surface area (Å²) in [6, 6.07) is 0.318. The van der Waals surface area contributed by atoms with Crippen molar-refractivity contribution in [3.8, 4) is 0 Å². The number of nitrogens with zero attached hydrogens (tertiary/aromatic N) is 2. The fourth-order valence-electron chi connectivity index (χ4n) is 1.99. The second kappa shape index (κ2) is 9.95. The largest absolute Gasteiger partial charge is 0.382 e. The average molecular weight is 269 g/mol. The first-order valence-corrected chi connectivity index (χ1v) is 7.14. The predicted molar refractivity (Wildman–Crippen MR) is 76.2 cm³/mol. The van der Waals surface area contributed by atoms with Crippen LogP contribution in [0, 0.1) is 0 Å². The molecular weight excluding hydrogens is 242 g/mol. The Morgan fingerprint density at radius 3 is 2.84 bits per heavy atom. The highest BCUT2D eigenvalue weighted by Crippen LogP contribution is 2.16. The van der Waals surface area contributed by atoms with Gasteiger partial charge in [-0.25, -0.2) is 0 Å². The highest BCUT2D eigenvalue weighted by atomic mass is 16.5. The molecule has 1 aromatic heterocycles. The molecule has 1 N–H and O–H groups in total.